The van der Waals surface area contributed by atoms with E-state index in [1.54, 1.807) is 24.3 Å². The lowest BCUT2D eigenvalue weighted by molar-refractivity contribution is -0.138. The molecule has 0 spiro atoms. The molecule has 0 fully saturated rings. The minimum Gasteiger partial charge on any atom is -0.480 e. The third kappa shape index (κ3) is 6.93. The highest BCUT2D eigenvalue weighted by atomic mass is 32.2. The zero-order valence-electron chi connectivity index (χ0n) is 20.5. The van der Waals surface area contributed by atoms with Crippen LogP contribution in [-0.2, 0) is 34.1 Å². The third-order valence-electron chi connectivity index (χ3n) is 6.23. The fourth-order valence-corrected chi connectivity index (χ4v) is 5.24. The molecule has 1 aliphatic heterocycles. The Morgan fingerprint density at radius 1 is 1.03 bits per heavy atom. The van der Waals surface area contributed by atoms with E-state index in [-0.39, 0.29) is 4.90 Å². The van der Waals surface area contributed by atoms with Crippen molar-refractivity contribution in [3.05, 3.63) is 88.6 Å². The van der Waals surface area contributed by atoms with Crippen molar-refractivity contribution in [1.82, 2.24) is 15.0 Å². The molecule has 0 aliphatic carbocycles. The fraction of sp³-hybridized carbons (Fsp3) is 0.296. The van der Waals surface area contributed by atoms with Gasteiger partial charge in [0, 0.05) is 24.3 Å². The van der Waals surface area contributed by atoms with Crippen molar-refractivity contribution in [3.63, 3.8) is 0 Å². The summed E-state index contributed by atoms with van der Waals surface area (Å²) in [5, 5.41) is 15.3. The molecule has 4 rings (SSSR count). The highest BCUT2D eigenvalue weighted by Gasteiger charge is 2.26. The number of carboxylic acid groups (broad SMARTS) is 1. The maximum absolute atomic E-state index is 12.6. The van der Waals surface area contributed by atoms with Crippen LogP contribution >= 0.6 is 0 Å². The summed E-state index contributed by atoms with van der Waals surface area (Å²) >= 11 is 0. The van der Waals surface area contributed by atoms with Crippen molar-refractivity contribution in [2.75, 3.05) is 18.4 Å². The Balaban J connectivity index is 1.31. The molecule has 9 nitrogen and oxygen atoms in total. The highest BCUT2D eigenvalue weighted by Crippen LogP contribution is 2.20. The lowest BCUT2D eigenvalue weighted by Crippen LogP contribution is -2.48. The first-order chi connectivity index (χ1) is 17.7. The van der Waals surface area contributed by atoms with E-state index < -0.39 is 34.5 Å². The van der Waals surface area contributed by atoms with E-state index >= 15 is 0 Å². The fourth-order valence-electron chi connectivity index (χ4n) is 4.05. The number of pyridine rings is 1. The molecule has 0 saturated heterocycles. The van der Waals surface area contributed by atoms with Crippen LogP contribution in [0, 0.1) is 6.92 Å². The molecule has 0 radical (unpaired) electrons. The summed E-state index contributed by atoms with van der Waals surface area (Å²) in [6.07, 6.45) is 3.69. The van der Waals surface area contributed by atoms with E-state index in [0.29, 0.717) is 5.56 Å². The van der Waals surface area contributed by atoms with Gasteiger partial charge in [-0.3, -0.25) is 9.59 Å². The number of benzene rings is 2. The van der Waals surface area contributed by atoms with Crippen molar-refractivity contribution >= 4 is 27.7 Å². The topological polar surface area (TPSA) is 137 Å². The van der Waals surface area contributed by atoms with Crippen molar-refractivity contribution in [3.8, 4) is 0 Å². The predicted octanol–water partition coefficient (Wildman–Crippen LogP) is 2.69. The molecule has 0 saturated carbocycles. The summed E-state index contributed by atoms with van der Waals surface area (Å²) in [5.41, 5.74) is 4.52. The van der Waals surface area contributed by atoms with E-state index in [1.807, 2.05) is 19.1 Å². The summed E-state index contributed by atoms with van der Waals surface area (Å²) in [6, 6.07) is 15.7. The van der Waals surface area contributed by atoms with Gasteiger partial charge in [-0.1, -0.05) is 35.9 Å². The average molecular weight is 523 g/mol. The van der Waals surface area contributed by atoms with Crippen LogP contribution < -0.4 is 15.4 Å². The van der Waals surface area contributed by atoms with Gasteiger partial charge in [-0.15, -0.1) is 0 Å². The summed E-state index contributed by atoms with van der Waals surface area (Å²) in [7, 11) is -4.07. The normalized spacial score (nSPS) is 13.8. The molecular weight excluding hydrogens is 492 g/mol. The Labute approximate surface area is 216 Å². The lowest BCUT2D eigenvalue weighted by atomic mass is 10.0. The Kier molecular flexibility index (Phi) is 8.20. The van der Waals surface area contributed by atoms with E-state index in [9.17, 15) is 23.1 Å². The number of nitrogens with one attached hydrogen (secondary N) is 3. The largest absolute Gasteiger partial charge is 0.480 e. The Morgan fingerprint density at radius 3 is 2.46 bits per heavy atom. The Hall–Kier alpha value is -3.76. The van der Waals surface area contributed by atoms with Gasteiger partial charge in [0.2, 0.25) is 10.0 Å². The molecule has 1 amide bonds. The number of aromatic nitrogens is 1. The number of aliphatic carboxylic acids is 1. The molecule has 1 aliphatic rings. The van der Waals surface area contributed by atoms with E-state index in [1.165, 1.54) is 17.7 Å². The Bertz CT molecular complexity index is 1370. The van der Waals surface area contributed by atoms with Gasteiger partial charge in [-0.05, 0) is 74.1 Å². The van der Waals surface area contributed by atoms with Crippen LogP contribution in [0.3, 0.4) is 0 Å². The van der Waals surface area contributed by atoms with Gasteiger partial charge in [-0.2, -0.15) is 4.72 Å². The molecule has 1 atom stereocenters. The van der Waals surface area contributed by atoms with Crippen LogP contribution in [0.5, 0.6) is 0 Å². The number of anilines is 1. The van der Waals surface area contributed by atoms with E-state index in [0.717, 1.165) is 54.9 Å². The lowest BCUT2D eigenvalue weighted by Gasteiger charge is -2.17. The number of hydrogen-bond acceptors (Lipinski definition) is 6. The van der Waals surface area contributed by atoms with Crippen LogP contribution in [0.1, 0.15) is 39.2 Å². The van der Waals surface area contributed by atoms with Gasteiger partial charge in [0.25, 0.3) is 5.91 Å². The van der Waals surface area contributed by atoms with Gasteiger partial charge in [0.05, 0.1) is 4.90 Å². The first-order valence-corrected chi connectivity index (χ1v) is 13.6. The Morgan fingerprint density at radius 2 is 1.76 bits per heavy atom. The number of fused-ring (bicyclic) bond motifs is 1. The number of hydrogen-bond donors (Lipinski definition) is 4. The molecule has 10 heteroatoms. The maximum atomic E-state index is 12.6. The zero-order valence-corrected chi connectivity index (χ0v) is 21.3. The van der Waals surface area contributed by atoms with Crippen LogP contribution in [0.2, 0.25) is 0 Å². The first-order valence-electron chi connectivity index (χ1n) is 12.1. The smallest absolute Gasteiger partial charge is 0.323 e. The van der Waals surface area contributed by atoms with Crippen molar-refractivity contribution in [2.24, 2.45) is 0 Å². The van der Waals surface area contributed by atoms with Gasteiger partial charge in [0.15, 0.2) is 0 Å². The predicted molar refractivity (Wildman–Crippen MR) is 140 cm³/mol. The SMILES string of the molecule is Cc1ccc(S(=O)(=O)NC(CNC(=O)c2ccc(CCc3ccc4c(n3)NCCC4)cc2)C(=O)O)cc1. The number of sulfonamides is 1. The second-order valence-electron chi connectivity index (χ2n) is 9.07. The van der Waals surface area contributed by atoms with Crippen molar-refractivity contribution < 1.29 is 23.1 Å². The molecule has 37 heavy (non-hydrogen) atoms. The molecular formula is C27H30N4O5S. The molecule has 2 aromatic carbocycles. The second kappa shape index (κ2) is 11.5. The molecule has 1 unspecified atom stereocenters. The number of nitrogens with zero attached hydrogens (tertiary/aromatic N) is 1. The summed E-state index contributed by atoms with van der Waals surface area (Å²) in [4.78, 5) is 28.9. The van der Waals surface area contributed by atoms with Gasteiger partial charge < -0.3 is 15.7 Å². The summed E-state index contributed by atoms with van der Waals surface area (Å²) in [5.74, 6) is -0.913. The van der Waals surface area contributed by atoms with Crippen LogP contribution in [0.4, 0.5) is 5.82 Å². The zero-order chi connectivity index (χ0) is 26.4. The number of amides is 1. The van der Waals surface area contributed by atoms with Gasteiger partial charge in [-0.25, -0.2) is 13.4 Å². The molecule has 2 heterocycles. The van der Waals surface area contributed by atoms with E-state index in [2.05, 4.69) is 27.5 Å². The number of rotatable bonds is 10. The van der Waals surface area contributed by atoms with Crippen LogP contribution in [-0.4, -0.2) is 49.5 Å². The summed E-state index contributed by atoms with van der Waals surface area (Å²) < 4.78 is 27.2. The number of carboxylic acids is 1. The van der Waals surface area contributed by atoms with Crippen molar-refractivity contribution in [2.45, 2.75) is 43.5 Å². The molecule has 4 N–H and O–H groups in total. The van der Waals surface area contributed by atoms with Crippen LogP contribution in [0.15, 0.2) is 65.6 Å². The molecule has 194 valence electrons. The number of carbonyl (C=O) groups is 2. The minimum absolute atomic E-state index is 0.0480. The minimum atomic E-state index is -4.07. The second-order valence-corrected chi connectivity index (χ2v) is 10.8. The average Bonchev–Trinajstić information content (AvgIpc) is 2.90. The number of carbonyl (C=O) groups excluding carboxylic acids is 1. The highest BCUT2D eigenvalue weighted by molar-refractivity contribution is 7.89. The number of aryl methyl sites for hydroxylation is 4. The van der Waals surface area contributed by atoms with Gasteiger partial charge >= 0.3 is 5.97 Å². The molecule has 3 aromatic rings. The van der Waals surface area contributed by atoms with Gasteiger partial charge in [0.1, 0.15) is 11.9 Å². The third-order valence-corrected chi connectivity index (χ3v) is 7.72. The monoisotopic (exact) mass is 522 g/mol. The summed E-state index contributed by atoms with van der Waals surface area (Å²) in [6.45, 7) is 2.35. The molecule has 1 aromatic heterocycles. The van der Waals surface area contributed by atoms with Crippen LogP contribution in [0.25, 0.3) is 0 Å². The van der Waals surface area contributed by atoms with E-state index in [4.69, 9.17) is 4.98 Å². The molecule has 0 bridgehead atoms. The first kappa shape index (κ1) is 26.3. The van der Waals surface area contributed by atoms with Crippen molar-refractivity contribution in [1.29, 1.82) is 0 Å². The standard InChI is InChI=1S/C27H30N4O5S/c1-18-4-14-23(15-5-18)37(35,36)31-24(27(33)34)17-29-26(32)21-9-6-19(7-10-21)8-12-22-13-11-20-3-2-16-28-25(20)30-22/h4-7,9-11,13-15,24,31H,2-3,8,12,16-17H2,1H3,(H,28,30)(H,29,32)(H,33,34). The maximum Gasteiger partial charge on any atom is 0.323 e. The quantitative estimate of drug-likeness (QED) is 0.321.